The highest BCUT2D eigenvalue weighted by Crippen LogP contribution is 2.30. The molecule has 1 atom stereocenters. The summed E-state index contributed by atoms with van der Waals surface area (Å²) in [5.74, 6) is -1.61. The van der Waals surface area contributed by atoms with E-state index < -0.39 is 30.5 Å². The van der Waals surface area contributed by atoms with E-state index in [1.54, 1.807) is 5.32 Å². The lowest BCUT2D eigenvalue weighted by molar-refractivity contribution is -0.146. The standard InChI is InChI=1S/C11H17F3N2O2/c1-15-8(5-7-3-2-4-7)9(17)10(18)16-6-11(12,13)14/h7-8,15H,2-6H2,1H3,(H,16,18). The van der Waals surface area contributed by atoms with E-state index in [1.807, 2.05) is 0 Å². The largest absolute Gasteiger partial charge is 0.405 e. The zero-order valence-electron chi connectivity index (χ0n) is 10.1. The molecule has 1 saturated carbocycles. The molecule has 7 heteroatoms. The number of Topliss-reactive ketones (excluding diaryl/α,β-unsaturated/α-hetero) is 1. The summed E-state index contributed by atoms with van der Waals surface area (Å²) in [6, 6.07) is -0.691. The molecular weight excluding hydrogens is 249 g/mol. The fraction of sp³-hybridized carbons (Fsp3) is 0.818. The fourth-order valence-electron chi connectivity index (χ4n) is 1.84. The van der Waals surface area contributed by atoms with Gasteiger partial charge in [0.25, 0.3) is 5.91 Å². The summed E-state index contributed by atoms with van der Waals surface area (Å²) in [6.45, 7) is -1.47. The van der Waals surface area contributed by atoms with Gasteiger partial charge < -0.3 is 10.6 Å². The second-order valence-corrected chi connectivity index (χ2v) is 4.54. The van der Waals surface area contributed by atoms with Crippen LogP contribution in [0.2, 0.25) is 0 Å². The maximum Gasteiger partial charge on any atom is 0.405 e. The predicted octanol–water partition coefficient (Wildman–Crippen LogP) is 1.01. The first-order chi connectivity index (χ1) is 8.33. The number of carbonyl (C=O) groups excluding carboxylic acids is 2. The third-order valence-electron chi connectivity index (χ3n) is 3.13. The molecule has 1 unspecified atom stereocenters. The lowest BCUT2D eigenvalue weighted by Crippen LogP contribution is -2.47. The van der Waals surface area contributed by atoms with Crippen molar-refractivity contribution in [3.05, 3.63) is 0 Å². The van der Waals surface area contributed by atoms with Gasteiger partial charge in [-0.05, 0) is 19.4 Å². The van der Waals surface area contributed by atoms with Gasteiger partial charge in [-0.1, -0.05) is 19.3 Å². The Morgan fingerprint density at radius 2 is 1.94 bits per heavy atom. The van der Waals surface area contributed by atoms with Gasteiger partial charge in [-0.15, -0.1) is 0 Å². The van der Waals surface area contributed by atoms with Gasteiger partial charge in [0.2, 0.25) is 5.78 Å². The molecule has 1 fully saturated rings. The summed E-state index contributed by atoms with van der Waals surface area (Å²) >= 11 is 0. The molecule has 1 rings (SSSR count). The molecule has 0 aromatic rings. The van der Waals surface area contributed by atoms with Gasteiger partial charge in [-0.25, -0.2) is 0 Å². The molecule has 0 heterocycles. The molecular formula is C11H17F3N2O2. The first kappa shape index (κ1) is 14.9. The van der Waals surface area contributed by atoms with Gasteiger partial charge in [-0.2, -0.15) is 13.2 Å². The monoisotopic (exact) mass is 266 g/mol. The zero-order chi connectivity index (χ0) is 13.8. The van der Waals surface area contributed by atoms with Crippen LogP contribution in [-0.2, 0) is 9.59 Å². The highest BCUT2D eigenvalue weighted by molar-refractivity contribution is 6.38. The van der Waals surface area contributed by atoms with Crippen LogP contribution in [-0.4, -0.2) is 37.5 Å². The minimum absolute atomic E-state index is 0.391. The lowest BCUT2D eigenvalue weighted by atomic mass is 9.80. The quantitative estimate of drug-likeness (QED) is 0.705. The van der Waals surface area contributed by atoms with Crippen LogP contribution in [0.15, 0.2) is 0 Å². The molecule has 1 amide bonds. The lowest BCUT2D eigenvalue weighted by Gasteiger charge is -2.28. The van der Waals surface area contributed by atoms with E-state index >= 15 is 0 Å². The average Bonchev–Trinajstić information content (AvgIpc) is 2.23. The van der Waals surface area contributed by atoms with Gasteiger partial charge >= 0.3 is 6.18 Å². The van der Waals surface area contributed by atoms with Gasteiger partial charge in [0, 0.05) is 0 Å². The fourth-order valence-corrected chi connectivity index (χ4v) is 1.84. The molecule has 1 aliphatic rings. The Morgan fingerprint density at radius 1 is 1.33 bits per heavy atom. The van der Waals surface area contributed by atoms with Crippen molar-refractivity contribution in [2.45, 2.75) is 37.9 Å². The summed E-state index contributed by atoms with van der Waals surface area (Å²) in [5.41, 5.74) is 0. The SMILES string of the molecule is CNC(CC1CCC1)C(=O)C(=O)NCC(F)(F)F. The van der Waals surface area contributed by atoms with Crippen LogP contribution >= 0.6 is 0 Å². The van der Waals surface area contributed by atoms with E-state index in [9.17, 15) is 22.8 Å². The molecule has 0 saturated heterocycles. The Labute approximate surface area is 103 Å². The van der Waals surface area contributed by atoms with Crippen LogP contribution in [0.25, 0.3) is 0 Å². The third kappa shape index (κ3) is 4.64. The van der Waals surface area contributed by atoms with E-state index in [0.29, 0.717) is 12.3 Å². The van der Waals surface area contributed by atoms with Crippen molar-refractivity contribution in [1.82, 2.24) is 10.6 Å². The summed E-state index contributed by atoms with van der Waals surface area (Å²) in [6.07, 6.45) is -0.866. The third-order valence-corrected chi connectivity index (χ3v) is 3.13. The average molecular weight is 266 g/mol. The van der Waals surface area contributed by atoms with Crippen LogP contribution in [0.1, 0.15) is 25.7 Å². The van der Waals surface area contributed by atoms with Crippen LogP contribution in [0.5, 0.6) is 0 Å². The summed E-state index contributed by atoms with van der Waals surface area (Å²) in [5, 5.41) is 4.28. The van der Waals surface area contributed by atoms with Gasteiger partial charge in [0.05, 0.1) is 6.04 Å². The Kier molecular flexibility index (Phi) is 5.13. The van der Waals surface area contributed by atoms with E-state index in [-0.39, 0.29) is 0 Å². The van der Waals surface area contributed by atoms with Gasteiger partial charge in [0.1, 0.15) is 6.54 Å². The molecule has 18 heavy (non-hydrogen) atoms. The van der Waals surface area contributed by atoms with Crippen molar-refractivity contribution in [3.8, 4) is 0 Å². The van der Waals surface area contributed by atoms with Crippen molar-refractivity contribution >= 4 is 11.7 Å². The summed E-state index contributed by atoms with van der Waals surface area (Å²) < 4.78 is 35.7. The van der Waals surface area contributed by atoms with Crippen molar-refractivity contribution in [1.29, 1.82) is 0 Å². The van der Waals surface area contributed by atoms with Crippen LogP contribution in [0.4, 0.5) is 13.2 Å². The molecule has 1 aliphatic carbocycles. The molecule has 0 spiro atoms. The number of hydrogen-bond donors (Lipinski definition) is 2. The Balaban J connectivity index is 2.41. The topological polar surface area (TPSA) is 58.2 Å². The number of ketones is 1. The Hall–Kier alpha value is -1.11. The number of rotatable bonds is 6. The van der Waals surface area contributed by atoms with Crippen LogP contribution in [0.3, 0.4) is 0 Å². The number of alkyl halides is 3. The number of halogens is 3. The maximum absolute atomic E-state index is 11.9. The molecule has 4 nitrogen and oxygen atoms in total. The first-order valence-corrected chi connectivity index (χ1v) is 5.89. The number of carbonyl (C=O) groups is 2. The molecule has 0 aromatic heterocycles. The van der Waals surface area contributed by atoms with Gasteiger partial charge in [0.15, 0.2) is 0 Å². The van der Waals surface area contributed by atoms with Crippen LogP contribution < -0.4 is 10.6 Å². The Bertz CT molecular complexity index is 314. The normalized spacial score (nSPS) is 18.0. The second-order valence-electron chi connectivity index (χ2n) is 4.54. The zero-order valence-corrected chi connectivity index (χ0v) is 10.1. The Morgan fingerprint density at radius 3 is 2.33 bits per heavy atom. The van der Waals surface area contributed by atoms with Crippen LogP contribution in [0, 0.1) is 5.92 Å². The molecule has 0 aromatic carbocycles. The van der Waals surface area contributed by atoms with E-state index in [0.717, 1.165) is 19.3 Å². The summed E-state index contributed by atoms with van der Waals surface area (Å²) in [7, 11) is 1.53. The van der Waals surface area contributed by atoms with Crippen molar-refractivity contribution < 1.29 is 22.8 Å². The highest BCUT2D eigenvalue weighted by Gasteiger charge is 2.32. The predicted molar refractivity (Wildman–Crippen MR) is 58.9 cm³/mol. The number of likely N-dealkylation sites (N-methyl/N-ethyl adjacent to an activating group) is 1. The van der Waals surface area contributed by atoms with E-state index in [2.05, 4.69) is 5.32 Å². The minimum Gasteiger partial charge on any atom is -0.340 e. The van der Waals surface area contributed by atoms with Crippen molar-refractivity contribution in [2.24, 2.45) is 5.92 Å². The van der Waals surface area contributed by atoms with E-state index in [4.69, 9.17) is 0 Å². The molecule has 0 radical (unpaired) electrons. The molecule has 0 aliphatic heterocycles. The second kappa shape index (κ2) is 6.17. The molecule has 0 bridgehead atoms. The number of amides is 1. The molecule has 2 N–H and O–H groups in total. The highest BCUT2D eigenvalue weighted by atomic mass is 19.4. The number of nitrogens with one attached hydrogen (secondary N) is 2. The number of hydrogen-bond acceptors (Lipinski definition) is 3. The maximum atomic E-state index is 11.9. The minimum atomic E-state index is -4.50. The smallest absolute Gasteiger partial charge is 0.340 e. The van der Waals surface area contributed by atoms with Gasteiger partial charge in [-0.3, -0.25) is 9.59 Å². The van der Waals surface area contributed by atoms with Crippen molar-refractivity contribution in [3.63, 3.8) is 0 Å². The van der Waals surface area contributed by atoms with Crippen molar-refractivity contribution in [2.75, 3.05) is 13.6 Å². The van der Waals surface area contributed by atoms with E-state index in [1.165, 1.54) is 7.05 Å². The first-order valence-electron chi connectivity index (χ1n) is 5.89. The summed E-state index contributed by atoms with van der Waals surface area (Å²) in [4.78, 5) is 22.9. The molecule has 104 valence electrons.